The number of nitrogens with zero attached hydrogens (tertiary/aromatic N) is 2. The number of benzene rings is 2. The molecule has 8 nitrogen and oxygen atoms in total. The molecule has 0 bridgehead atoms. The Kier molecular flexibility index (Phi) is 7.09. The van der Waals surface area contributed by atoms with Gasteiger partial charge in [-0.15, -0.1) is 0 Å². The second-order valence-corrected chi connectivity index (χ2v) is 10.8. The minimum atomic E-state index is -3.98. The first kappa shape index (κ1) is 24.7. The molecule has 1 N–H and O–H groups in total. The number of aryl methyl sites for hydroxylation is 1. The maximum absolute atomic E-state index is 13.5. The summed E-state index contributed by atoms with van der Waals surface area (Å²) < 4.78 is 33.3. The van der Waals surface area contributed by atoms with Crippen molar-refractivity contribution < 1.29 is 22.4 Å². The Morgan fingerprint density at radius 3 is 2.43 bits per heavy atom. The minimum absolute atomic E-state index is 0.0898. The summed E-state index contributed by atoms with van der Waals surface area (Å²) in [6.07, 6.45) is 1.96. The fraction of sp³-hybridized carbons (Fsp3) is 0.308. The van der Waals surface area contributed by atoms with Gasteiger partial charge in [-0.2, -0.15) is 4.31 Å². The zero-order valence-electron chi connectivity index (χ0n) is 19.8. The third-order valence-electron chi connectivity index (χ3n) is 6.30. The van der Waals surface area contributed by atoms with Crippen molar-refractivity contribution in [2.45, 2.75) is 37.2 Å². The molecule has 0 saturated carbocycles. The van der Waals surface area contributed by atoms with Gasteiger partial charge in [0.05, 0.1) is 17.7 Å². The molecule has 2 heterocycles. The van der Waals surface area contributed by atoms with E-state index < -0.39 is 27.4 Å². The van der Waals surface area contributed by atoms with E-state index in [2.05, 4.69) is 5.32 Å². The van der Waals surface area contributed by atoms with Gasteiger partial charge in [0, 0.05) is 26.1 Å². The maximum Gasteiger partial charge on any atom is 0.247 e. The molecule has 35 heavy (non-hydrogen) atoms. The molecule has 184 valence electrons. The largest absolute Gasteiger partial charge is 0.469 e. The van der Waals surface area contributed by atoms with Gasteiger partial charge < -0.3 is 14.6 Å². The lowest BCUT2D eigenvalue weighted by molar-refractivity contribution is -0.152. The van der Waals surface area contributed by atoms with Crippen LogP contribution in [0.5, 0.6) is 0 Å². The first-order valence-corrected chi connectivity index (χ1v) is 12.9. The summed E-state index contributed by atoms with van der Waals surface area (Å²) >= 11 is 0. The zero-order chi connectivity index (χ0) is 25.1. The summed E-state index contributed by atoms with van der Waals surface area (Å²) in [4.78, 5) is 28.4. The van der Waals surface area contributed by atoms with E-state index in [0.29, 0.717) is 12.2 Å². The van der Waals surface area contributed by atoms with E-state index in [1.54, 1.807) is 37.5 Å². The zero-order valence-corrected chi connectivity index (χ0v) is 20.6. The molecule has 1 fully saturated rings. The van der Waals surface area contributed by atoms with Gasteiger partial charge in [-0.3, -0.25) is 9.59 Å². The van der Waals surface area contributed by atoms with Gasteiger partial charge in [0.1, 0.15) is 11.3 Å². The summed E-state index contributed by atoms with van der Waals surface area (Å²) in [6, 6.07) is 19.4. The molecule has 0 unspecified atom stereocenters. The summed E-state index contributed by atoms with van der Waals surface area (Å²) in [7, 11) is -3.98. The van der Waals surface area contributed by atoms with Crippen LogP contribution < -0.4 is 5.32 Å². The summed E-state index contributed by atoms with van der Waals surface area (Å²) in [6.45, 7) is 3.47. The average Bonchev–Trinajstić information content (AvgIpc) is 3.36. The topological polar surface area (TPSA) is 99.9 Å². The Hall–Kier alpha value is -3.43. The fourth-order valence-electron chi connectivity index (χ4n) is 4.24. The first-order chi connectivity index (χ1) is 16.7. The lowest BCUT2D eigenvalue weighted by atomic mass is 9.95. The van der Waals surface area contributed by atoms with Crippen molar-refractivity contribution in [3.63, 3.8) is 0 Å². The Balaban J connectivity index is 1.61. The predicted octanol–water partition coefficient (Wildman–Crippen LogP) is 2.74. The molecule has 1 atom stereocenters. The lowest BCUT2D eigenvalue weighted by Crippen LogP contribution is -2.69. The van der Waals surface area contributed by atoms with Crippen LogP contribution in [0.4, 0.5) is 0 Å². The predicted molar refractivity (Wildman–Crippen MR) is 131 cm³/mol. The van der Waals surface area contributed by atoms with Crippen molar-refractivity contribution in [1.29, 1.82) is 0 Å². The molecule has 0 radical (unpaired) electrons. The molecule has 9 heteroatoms. The van der Waals surface area contributed by atoms with Gasteiger partial charge in [0.25, 0.3) is 0 Å². The van der Waals surface area contributed by atoms with E-state index in [1.165, 1.54) is 17.0 Å². The van der Waals surface area contributed by atoms with Crippen molar-refractivity contribution in [1.82, 2.24) is 14.5 Å². The lowest BCUT2D eigenvalue weighted by Gasteiger charge is -2.46. The van der Waals surface area contributed by atoms with Crippen molar-refractivity contribution >= 4 is 21.8 Å². The molecule has 1 aliphatic rings. The van der Waals surface area contributed by atoms with Crippen LogP contribution in [0, 0.1) is 6.92 Å². The number of furan rings is 1. The Morgan fingerprint density at radius 2 is 1.77 bits per heavy atom. The van der Waals surface area contributed by atoms with Crippen LogP contribution in [0.3, 0.4) is 0 Å². The number of hydrogen-bond acceptors (Lipinski definition) is 5. The molecule has 2 aromatic carbocycles. The fourth-order valence-corrected chi connectivity index (χ4v) is 5.72. The summed E-state index contributed by atoms with van der Waals surface area (Å²) in [5, 5.41) is 2.89. The van der Waals surface area contributed by atoms with Crippen molar-refractivity contribution in [2.24, 2.45) is 0 Å². The molecule has 4 rings (SSSR count). The van der Waals surface area contributed by atoms with Crippen LogP contribution in [0.25, 0.3) is 0 Å². The van der Waals surface area contributed by atoms with Crippen molar-refractivity contribution in [2.75, 3.05) is 19.6 Å². The van der Waals surface area contributed by atoms with E-state index in [-0.39, 0.29) is 31.1 Å². The number of sulfonamides is 1. The number of nitrogens with one attached hydrogen (secondary N) is 1. The van der Waals surface area contributed by atoms with Crippen molar-refractivity contribution in [3.8, 4) is 0 Å². The minimum Gasteiger partial charge on any atom is -0.469 e. The molecule has 0 spiro atoms. The number of carbonyl (C=O) groups is 2. The molecule has 1 aromatic heterocycles. The quantitative estimate of drug-likeness (QED) is 0.518. The van der Waals surface area contributed by atoms with Gasteiger partial charge in [-0.05, 0) is 43.7 Å². The van der Waals surface area contributed by atoms with E-state index >= 15 is 0 Å². The smallest absolute Gasteiger partial charge is 0.247 e. The number of rotatable bonds is 8. The molecule has 3 aromatic rings. The van der Waals surface area contributed by atoms with Crippen LogP contribution in [-0.2, 0) is 32.6 Å². The third kappa shape index (κ3) is 5.31. The number of hydrogen-bond donors (Lipinski definition) is 1. The second-order valence-electron chi connectivity index (χ2n) is 8.90. The monoisotopic (exact) mass is 495 g/mol. The second kappa shape index (κ2) is 10.1. The molecule has 2 amide bonds. The Labute approximate surface area is 205 Å². The number of carbonyl (C=O) groups excluding carboxylic acids is 2. The highest BCUT2D eigenvalue weighted by Gasteiger charge is 2.50. The van der Waals surface area contributed by atoms with E-state index in [0.717, 1.165) is 15.4 Å². The highest BCUT2D eigenvalue weighted by molar-refractivity contribution is 7.89. The van der Waals surface area contributed by atoms with Gasteiger partial charge in [0.15, 0.2) is 0 Å². The van der Waals surface area contributed by atoms with E-state index in [9.17, 15) is 18.0 Å². The van der Waals surface area contributed by atoms with Gasteiger partial charge in [0.2, 0.25) is 21.8 Å². The molecule has 1 aliphatic heterocycles. The van der Waals surface area contributed by atoms with Crippen LogP contribution in [0.2, 0.25) is 0 Å². The van der Waals surface area contributed by atoms with Crippen LogP contribution in [-0.4, -0.2) is 54.6 Å². The van der Waals surface area contributed by atoms with Gasteiger partial charge in [-0.1, -0.05) is 48.0 Å². The van der Waals surface area contributed by atoms with Gasteiger partial charge in [-0.25, -0.2) is 8.42 Å². The first-order valence-electron chi connectivity index (χ1n) is 11.4. The van der Waals surface area contributed by atoms with Crippen molar-refractivity contribution in [3.05, 3.63) is 89.9 Å². The SMILES string of the molecule is Cc1ccc(S(=O)(=O)N2CC(=O)N(CCc3ccco3)[C@](C)(C(=O)NCc3ccccc3)C2)cc1. The maximum atomic E-state index is 13.5. The molecular weight excluding hydrogens is 466 g/mol. The Bertz CT molecular complexity index is 1270. The molecular formula is C26H29N3O5S. The molecule has 1 saturated heterocycles. The van der Waals surface area contributed by atoms with Crippen LogP contribution in [0.1, 0.15) is 23.8 Å². The standard InChI is InChI=1S/C26H29N3O5S/c1-20-10-12-23(13-11-20)35(32,33)28-18-24(30)29(15-14-22-9-6-16-34-22)26(2,19-28)25(31)27-17-21-7-4-3-5-8-21/h3-13,16H,14-15,17-19H2,1-2H3,(H,27,31)/t26-/m0/s1. The van der Waals surface area contributed by atoms with E-state index in [1.807, 2.05) is 37.3 Å². The summed E-state index contributed by atoms with van der Waals surface area (Å²) in [5.41, 5.74) is 0.417. The Morgan fingerprint density at radius 1 is 1.06 bits per heavy atom. The third-order valence-corrected chi connectivity index (χ3v) is 8.10. The number of amides is 2. The highest BCUT2D eigenvalue weighted by atomic mass is 32.2. The van der Waals surface area contributed by atoms with E-state index in [4.69, 9.17) is 4.42 Å². The van der Waals surface area contributed by atoms with Gasteiger partial charge >= 0.3 is 0 Å². The normalized spacial score (nSPS) is 19.0. The van der Waals surface area contributed by atoms with Crippen LogP contribution in [0.15, 0.2) is 82.3 Å². The average molecular weight is 496 g/mol. The molecule has 0 aliphatic carbocycles. The summed E-state index contributed by atoms with van der Waals surface area (Å²) in [5.74, 6) is -0.173. The highest BCUT2D eigenvalue weighted by Crippen LogP contribution is 2.28. The van der Waals surface area contributed by atoms with Crippen LogP contribution >= 0.6 is 0 Å². The number of piperazine rings is 1.